The third kappa shape index (κ3) is 6.31. The number of ether oxygens (including phenoxy) is 4. The van der Waals surface area contributed by atoms with E-state index in [1.54, 1.807) is 43.5 Å². The molecule has 3 aromatic carbocycles. The van der Waals surface area contributed by atoms with Gasteiger partial charge in [0.2, 0.25) is 0 Å². The maximum atomic E-state index is 13.8. The van der Waals surface area contributed by atoms with E-state index in [1.165, 1.54) is 12.8 Å². The zero-order valence-corrected chi connectivity index (χ0v) is 30.5. The van der Waals surface area contributed by atoms with E-state index in [4.69, 9.17) is 23.9 Å². The summed E-state index contributed by atoms with van der Waals surface area (Å²) in [6, 6.07) is 15.3. The lowest BCUT2D eigenvalue weighted by Gasteiger charge is -2.21. The van der Waals surface area contributed by atoms with Gasteiger partial charge >= 0.3 is 0 Å². The van der Waals surface area contributed by atoms with Crippen LogP contribution in [0.15, 0.2) is 72.1 Å². The molecule has 13 nitrogen and oxygen atoms in total. The molecule has 54 heavy (non-hydrogen) atoms. The van der Waals surface area contributed by atoms with Crippen LogP contribution in [0.5, 0.6) is 23.0 Å². The molecule has 9 rings (SSSR count). The highest BCUT2D eigenvalue weighted by molar-refractivity contribution is 6.04. The second-order valence-electron chi connectivity index (χ2n) is 14.8. The Kier molecular flexibility index (Phi) is 8.71. The molecule has 1 spiro atoms. The van der Waals surface area contributed by atoms with Crippen LogP contribution in [0, 0.1) is 5.41 Å². The first kappa shape index (κ1) is 34.0. The van der Waals surface area contributed by atoms with Crippen LogP contribution < -0.4 is 24.3 Å². The van der Waals surface area contributed by atoms with E-state index < -0.39 is 0 Å². The number of anilines is 1. The molecule has 2 amide bonds. The van der Waals surface area contributed by atoms with Gasteiger partial charge < -0.3 is 34.1 Å². The summed E-state index contributed by atoms with van der Waals surface area (Å²) < 4.78 is 23.6. The topological polar surface area (TPSA) is 133 Å². The Morgan fingerprint density at radius 2 is 1.54 bits per heavy atom. The summed E-state index contributed by atoms with van der Waals surface area (Å²) in [6.07, 6.45) is 13.8. The molecule has 0 bridgehead atoms. The minimum Gasteiger partial charge on any atom is -0.493 e. The van der Waals surface area contributed by atoms with Gasteiger partial charge in [-0.15, -0.1) is 0 Å². The fourth-order valence-corrected chi connectivity index (χ4v) is 8.10. The van der Waals surface area contributed by atoms with E-state index in [2.05, 4.69) is 15.5 Å². The number of methoxy groups -OCH3 is 2. The van der Waals surface area contributed by atoms with Crippen molar-refractivity contribution >= 4 is 35.0 Å². The number of hydrogen-bond donors (Lipinski definition) is 1. The molecular formula is C41H43N7O6. The Bertz CT molecular complexity index is 2140. The minimum atomic E-state index is -0.0754. The van der Waals surface area contributed by atoms with Crippen molar-refractivity contribution in [3.63, 3.8) is 0 Å². The molecule has 2 atom stereocenters. The Balaban J connectivity index is 0.785. The molecular weight excluding hydrogens is 686 g/mol. The first-order chi connectivity index (χ1) is 26.4. The van der Waals surface area contributed by atoms with E-state index in [0.717, 1.165) is 61.2 Å². The molecule has 5 aliphatic rings. The molecule has 4 aromatic rings. The smallest absolute Gasteiger partial charge is 0.260 e. The molecule has 1 saturated heterocycles. The third-order valence-electron chi connectivity index (χ3n) is 11.3. The standard InChI is InChI=1S/C41H43N7O6/c1-51-35-17-31-33(42-22-29-16-27(24-46(29)39(31)49)26-6-8-28(9-7-26)48-44-12-13-45-48)19-37(35)53-14-4-3-5-15-54-38-20-34-32(18-36(38)52-2)40(50)47-25-41(10-11-41)21-30(47)23-43-34/h6-9,12-13,17-20,23-24,29-30,42H,3-5,10-11,14-16,21-22,25H2,1-2H3/t29-,30-/m0/s1. The average molecular weight is 730 g/mol. The summed E-state index contributed by atoms with van der Waals surface area (Å²) in [7, 11) is 3.18. The molecule has 278 valence electrons. The summed E-state index contributed by atoms with van der Waals surface area (Å²) in [4.78, 5) is 37.4. The number of nitrogens with zero attached hydrogens (tertiary/aromatic N) is 6. The van der Waals surface area contributed by atoms with Crippen LogP contribution >= 0.6 is 0 Å². The van der Waals surface area contributed by atoms with Gasteiger partial charge in [0.25, 0.3) is 11.8 Å². The second kappa shape index (κ2) is 13.9. The van der Waals surface area contributed by atoms with E-state index in [0.29, 0.717) is 65.0 Å². The lowest BCUT2D eigenvalue weighted by atomic mass is 10.0. The fraction of sp³-hybridized carbons (Fsp3) is 0.390. The number of hydrogen-bond acceptors (Lipinski definition) is 10. The Labute approximate surface area is 313 Å². The number of nitrogens with one attached hydrogen (secondary N) is 1. The van der Waals surface area contributed by atoms with E-state index in [1.807, 2.05) is 58.6 Å². The molecule has 0 unspecified atom stereocenters. The van der Waals surface area contributed by atoms with Crippen molar-refractivity contribution in [2.24, 2.45) is 10.4 Å². The highest BCUT2D eigenvalue weighted by Crippen LogP contribution is 2.55. The molecule has 1 saturated carbocycles. The van der Waals surface area contributed by atoms with Gasteiger partial charge in [0.15, 0.2) is 23.0 Å². The third-order valence-corrected chi connectivity index (χ3v) is 11.3. The lowest BCUT2D eigenvalue weighted by Crippen LogP contribution is -2.35. The van der Waals surface area contributed by atoms with Gasteiger partial charge in [-0.25, -0.2) is 0 Å². The van der Waals surface area contributed by atoms with Crippen molar-refractivity contribution in [3.05, 3.63) is 83.8 Å². The largest absolute Gasteiger partial charge is 0.493 e. The quantitative estimate of drug-likeness (QED) is 0.167. The van der Waals surface area contributed by atoms with Crippen molar-refractivity contribution in [1.29, 1.82) is 0 Å². The van der Waals surface area contributed by atoms with E-state index in [9.17, 15) is 9.59 Å². The maximum Gasteiger partial charge on any atom is 0.260 e. The summed E-state index contributed by atoms with van der Waals surface area (Å²) in [6.45, 7) is 2.39. The van der Waals surface area contributed by atoms with Crippen LogP contribution in [0.3, 0.4) is 0 Å². The first-order valence-corrected chi connectivity index (χ1v) is 18.7. The lowest BCUT2D eigenvalue weighted by molar-refractivity contribution is 0.0765. The predicted molar refractivity (Wildman–Crippen MR) is 202 cm³/mol. The van der Waals surface area contributed by atoms with Gasteiger partial charge in [0.05, 0.1) is 80.1 Å². The number of carbonyl (C=O) groups excluding carboxylic acids is 2. The van der Waals surface area contributed by atoms with Gasteiger partial charge in [0.1, 0.15) is 0 Å². The molecule has 2 fully saturated rings. The minimum absolute atomic E-state index is 0.0153. The Morgan fingerprint density at radius 1 is 0.833 bits per heavy atom. The number of fused-ring (bicyclic) bond motifs is 4. The number of aliphatic imine (C=N–C) groups is 1. The van der Waals surface area contributed by atoms with Crippen molar-refractivity contribution in [1.82, 2.24) is 24.8 Å². The maximum absolute atomic E-state index is 13.8. The molecule has 4 aliphatic heterocycles. The second-order valence-corrected chi connectivity index (χ2v) is 14.8. The first-order valence-electron chi connectivity index (χ1n) is 18.7. The number of carbonyl (C=O) groups is 2. The van der Waals surface area contributed by atoms with Crippen LogP contribution in [0.1, 0.15) is 71.2 Å². The van der Waals surface area contributed by atoms with E-state index >= 15 is 0 Å². The summed E-state index contributed by atoms with van der Waals surface area (Å²) >= 11 is 0. The van der Waals surface area contributed by atoms with Crippen LogP contribution in [-0.2, 0) is 0 Å². The Hall–Kier alpha value is -5.85. The molecule has 13 heteroatoms. The zero-order chi connectivity index (χ0) is 36.8. The van der Waals surface area contributed by atoms with Gasteiger partial charge in [-0.05, 0) is 85.8 Å². The molecule has 1 N–H and O–H groups in total. The number of aromatic nitrogens is 3. The van der Waals surface area contributed by atoms with E-state index in [-0.39, 0.29) is 23.9 Å². The summed E-state index contributed by atoms with van der Waals surface area (Å²) in [5.74, 6) is 2.17. The summed E-state index contributed by atoms with van der Waals surface area (Å²) in [5, 5.41) is 11.9. The highest BCUT2D eigenvalue weighted by Gasteiger charge is 2.53. The van der Waals surface area contributed by atoms with Gasteiger partial charge in [0, 0.05) is 37.6 Å². The molecule has 1 aromatic heterocycles. The van der Waals surface area contributed by atoms with Crippen LogP contribution in [0.4, 0.5) is 11.4 Å². The van der Waals surface area contributed by atoms with Crippen molar-refractivity contribution < 1.29 is 28.5 Å². The average Bonchev–Trinajstić information content (AvgIpc) is 3.51. The predicted octanol–water partition coefficient (Wildman–Crippen LogP) is 6.30. The number of amides is 2. The van der Waals surface area contributed by atoms with Crippen molar-refractivity contribution in [2.45, 2.75) is 57.0 Å². The van der Waals surface area contributed by atoms with Crippen LogP contribution in [0.25, 0.3) is 11.3 Å². The number of unbranched alkanes of at least 4 members (excludes halogenated alkanes) is 2. The SMILES string of the molecule is COc1cc2c(cc1OCCCCCOc1cc3c(cc1OC)C(=O)N1C=C(c4ccc(-n5nccn5)cc4)C[C@H]1CN3)N=C[C@@H]1CC3(CC3)CN1C2=O. The van der Waals surface area contributed by atoms with Gasteiger partial charge in [-0.2, -0.15) is 15.0 Å². The molecule has 0 radical (unpaired) electrons. The van der Waals surface area contributed by atoms with Crippen molar-refractivity contribution in [2.75, 3.05) is 45.8 Å². The number of rotatable bonds is 12. The monoisotopic (exact) mass is 729 g/mol. The van der Waals surface area contributed by atoms with Crippen molar-refractivity contribution in [3.8, 4) is 28.7 Å². The van der Waals surface area contributed by atoms with Crippen LogP contribution in [0.2, 0.25) is 0 Å². The summed E-state index contributed by atoms with van der Waals surface area (Å²) in [5.41, 5.74) is 5.82. The number of benzene rings is 3. The Morgan fingerprint density at radius 3 is 2.24 bits per heavy atom. The highest BCUT2D eigenvalue weighted by atomic mass is 16.5. The molecule has 1 aliphatic carbocycles. The zero-order valence-electron chi connectivity index (χ0n) is 30.5. The van der Waals surface area contributed by atoms with Gasteiger partial charge in [-0.3, -0.25) is 14.6 Å². The van der Waals surface area contributed by atoms with Crippen LogP contribution in [-0.4, -0.2) is 95.4 Å². The fourth-order valence-electron chi connectivity index (χ4n) is 8.10. The molecule has 5 heterocycles. The normalized spacial score (nSPS) is 20.3. The van der Waals surface area contributed by atoms with Gasteiger partial charge in [-0.1, -0.05) is 12.1 Å².